The molecular weight excluding hydrogens is 366 g/mol. The summed E-state index contributed by atoms with van der Waals surface area (Å²) < 4.78 is 0. The molecule has 3 heteroatoms. The summed E-state index contributed by atoms with van der Waals surface area (Å²) in [7, 11) is 0. The topological polar surface area (TPSA) is 20.3 Å². The number of carbonyl (C=O) groups is 1. The summed E-state index contributed by atoms with van der Waals surface area (Å²) >= 11 is 6.15. The van der Waals surface area contributed by atoms with Crippen molar-refractivity contribution in [2.24, 2.45) is 0 Å². The minimum atomic E-state index is -0.363. The molecule has 0 spiro atoms. The molecule has 142 valence electrons. The summed E-state index contributed by atoms with van der Waals surface area (Å²) in [5.74, 6) is -0.0185. The first kappa shape index (κ1) is 18.8. The van der Waals surface area contributed by atoms with Gasteiger partial charge in [0.2, 0.25) is 0 Å². The van der Waals surface area contributed by atoms with Gasteiger partial charge in [0.25, 0.3) is 5.91 Å². The standard InChI is InChI=1S/C25H24ClNO/c1-24(2)17-25(3,19-11-5-4-6-12-19)21-14-7-8-15-22(21)27(24)23(28)18-10-9-13-20(26)16-18/h4-16H,17H2,1-3H3/t25-/m0/s1. The van der Waals surface area contributed by atoms with Crippen LogP contribution in [0.4, 0.5) is 5.69 Å². The normalized spacial score (nSPS) is 20.5. The molecule has 0 bridgehead atoms. The van der Waals surface area contributed by atoms with Gasteiger partial charge >= 0.3 is 0 Å². The van der Waals surface area contributed by atoms with Gasteiger partial charge < -0.3 is 4.90 Å². The Labute approximate surface area is 171 Å². The number of hydrogen-bond donors (Lipinski definition) is 0. The lowest BCUT2D eigenvalue weighted by Crippen LogP contribution is -2.55. The summed E-state index contributed by atoms with van der Waals surface area (Å²) in [6.07, 6.45) is 0.827. The molecule has 0 aliphatic carbocycles. The molecule has 1 atom stereocenters. The fourth-order valence-electron chi connectivity index (χ4n) is 4.70. The summed E-state index contributed by atoms with van der Waals surface area (Å²) in [5, 5.41) is 0.572. The number of para-hydroxylation sites is 1. The number of fused-ring (bicyclic) bond motifs is 1. The van der Waals surface area contributed by atoms with E-state index in [-0.39, 0.29) is 16.9 Å². The Bertz CT molecular complexity index is 1030. The summed E-state index contributed by atoms with van der Waals surface area (Å²) in [6.45, 7) is 6.57. The maximum atomic E-state index is 13.5. The van der Waals surface area contributed by atoms with Crippen molar-refractivity contribution in [3.05, 3.63) is 101 Å². The van der Waals surface area contributed by atoms with Crippen molar-refractivity contribution in [1.82, 2.24) is 0 Å². The van der Waals surface area contributed by atoms with Gasteiger partial charge in [0, 0.05) is 27.2 Å². The molecule has 0 aromatic heterocycles. The van der Waals surface area contributed by atoms with Crippen molar-refractivity contribution in [2.45, 2.75) is 38.1 Å². The molecule has 1 aliphatic rings. The first-order valence-electron chi connectivity index (χ1n) is 9.58. The van der Waals surface area contributed by atoms with E-state index in [0.29, 0.717) is 10.6 Å². The van der Waals surface area contributed by atoms with E-state index in [9.17, 15) is 4.79 Å². The van der Waals surface area contributed by atoms with Crippen molar-refractivity contribution < 1.29 is 4.79 Å². The number of rotatable bonds is 2. The zero-order chi connectivity index (χ0) is 19.9. The van der Waals surface area contributed by atoms with E-state index in [1.165, 1.54) is 11.1 Å². The minimum Gasteiger partial charge on any atom is -0.302 e. The van der Waals surface area contributed by atoms with Crippen LogP contribution >= 0.6 is 11.6 Å². The third kappa shape index (κ3) is 3.02. The van der Waals surface area contributed by atoms with Gasteiger partial charge in [0.1, 0.15) is 0 Å². The zero-order valence-electron chi connectivity index (χ0n) is 16.4. The lowest BCUT2D eigenvalue weighted by Gasteiger charge is -2.51. The highest BCUT2D eigenvalue weighted by molar-refractivity contribution is 6.31. The maximum absolute atomic E-state index is 13.5. The fraction of sp³-hybridized carbons (Fsp3) is 0.240. The zero-order valence-corrected chi connectivity index (χ0v) is 17.2. The molecular formula is C25H24ClNO. The van der Waals surface area contributed by atoms with E-state index < -0.39 is 0 Å². The van der Waals surface area contributed by atoms with Crippen LogP contribution in [0.25, 0.3) is 0 Å². The molecule has 3 aromatic carbocycles. The van der Waals surface area contributed by atoms with Gasteiger partial charge in [-0.3, -0.25) is 4.79 Å². The van der Waals surface area contributed by atoms with Gasteiger partial charge in [-0.05, 0) is 55.7 Å². The Morgan fingerprint density at radius 2 is 1.57 bits per heavy atom. The van der Waals surface area contributed by atoms with Gasteiger partial charge in [-0.25, -0.2) is 0 Å². The highest BCUT2D eigenvalue weighted by Gasteiger charge is 2.47. The molecule has 1 aliphatic heterocycles. The number of hydrogen-bond acceptors (Lipinski definition) is 1. The van der Waals surface area contributed by atoms with E-state index in [1.807, 2.05) is 29.2 Å². The van der Waals surface area contributed by atoms with E-state index in [0.717, 1.165) is 12.1 Å². The van der Waals surface area contributed by atoms with Crippen LogP contribution in [0.2, 0.25) is 5.02 Å². The summed E-state index contributed by atoms with van der Waals surface area (Å²) in [6, 6.07) is 26.0. The Morgan fingerprint density at radius 3 is 2.29 bits per heavy atom. The average Bonchev–Trinajstić information content (AvgIpc) is 2.68. The van der Waals surface area contributed by atoms with Gasteiger partial charge in [0.05, 0.1) is 0 Å². The van der Waals surface area contributed by atoms with Crippen LogP contribution < -0.4 is 4.90 Å². The number of halogens is 1. The SMILES string of the molecule is CC1(C)C[C@@](C)(c2ccccc2)c2ccccc2N1C(=O)c1cccc(Cl)c1. The lowest BCUT2D eigenvalue weighted by molar-refractivity contribution is 0.0948. The third-order valence-electron chi connectivity index (χ3n) is 5.82. The van der Waals surface area contributed by atoms with Crippen molar-refractivity contribution in [3.63, 3.8) is 0 Å². The highest BCUT2D eigenvalue weighted by Crippen LogP contribution is 2.50. The Kier molecular flexibility index (Phi) is 4.55. The summed E-state index contributed by atoms with van der Waals surface area (Å²) in [4.78, 5) is 15.5. The van der Waals surface area contributed by atoms with Gasteiger partial charge in [-0.2, -0.15) is 0 Å². The van der Waals surface area contributed by atoms with Gasteiger partial charge in [-0.1, -0.05) is 73.1 Å². The van der Waals surface area contributed by atoms with Crippen molar-refractivity contribution in [2.75, 3.05) is 4.90 Å². The van der Waals surface area contributed by atoms with Gasteiger partial charge in [-0.15, -0.1) is 0 Å². The van der Waals surface area contributed by atoms with Crippen LogP contribution in [0.1, 0.15) is 48.7 Å². The number of carbonyl (C=O) groups excluding carboxylic acids is 1. The third-order valence-corrected chi connectivity index (χ3v) is 6.05. The molecule has 4 rings (SSSR count). The van der Waals surface area contributed by atoms with E-state index in [1.54, 1.807) is 12.1 Å². The second-order valence-corrected chi connectivity index (χ2v) is 8.79. The van der Waals surface area contributed by atoms with Crippen LogP contribution in [0.5, 0.6) is 0 Å². The van der Waals surface area contributed by atoms with Crippen LogP contribution in [0, 0.1) is 0 Å². The van der Waals surface area contributed by atoms with Crippen LogP contribution in [0.3, 0.4) is 0 Å². The molecule has 28 heavy (non-hydrogen) atoms. The molecule has 0 radical (unpaired) electrons. The lowest BCUT2D eigenvalue weighted by atomic mass is 9.65. The molecule has 1 amide bonds. The van der Waals surface area contributed by atoms with Crippen molar-refractivity contribution in [1.29, 1.82) is 0 Å². The molecule has 2 nitrogen and oxygen atoms in total. The molecule has 3 aromatic rings. The first-order valence-corrected chi connectivity index (χ1v) is 9.96. The molecule has 0 saturated heterocycles. The number of nitrogens with zero attached hydrogens (tertiary/aromatic N) is 1. The van der Waals surface area contributed by atoms with Gasteiger partial charge in [0.15, 0.2) is 0 Å². The van der Waals surface area contributed by atoms with E-state index in [2.05, 4.69) is 63.2 Å². The minimum absolute atomic E-state index is 0.0185. The number of anilines is 1. The first-order chi connectivity index (χ1) is 13.3. The molecule has 0 fully saturated rings. The van der Waals surface area contributed by atoms with Crippen LogP contribution in [0.15, 0.2) is 78.9 Å². The Balaban J connectivity index is 1.89. The molecule has 0 N–H and O–H groups in total. The largest absolute Gasteiger partial charge is 0.302 e. The van der Waals surface area contributed by atoms with Crippen molar-refractivity contribution in [3.8, 4) is 0 Å². The quantitative estimate of drug-likeness (QED) is 0.491. The second kappa shape index (κ2) is 6.79. The fourth-order valence-corrected chi connectivity index (χ4v) is 4.89. The van der Waals surface area contributed by atoms with Crippen molar-refractivity contribution >= 4 is 23.2 Å². The van der Waals surface area contributed by atoms with Crippen LogP contribution in [-0.2, 0) is 5.41 Å². The second-order valence-electron chi connectivity index (χ2n) is 8.36. The maximum Gasteiger partial charge on any atom is 0.258 e. The molecule has 0 unspecified atom stereocenters. The number of amides is 1. The smallest absolute Gasteiger partial charge is 0.258 e. The predicted molar refractivity (Wildman–Crippen MR) is 116 cm³/mol. The molecule has 1 heterocycles. The summed E-state index contributed by atoms with van der Waals surface area (Å²) in [5.41, 5.74) is 3.49. The van der Waals surface area contributed by atoms with E-state index >= 15 is 0 Å². The highest BCUT2D eigenvalue weighted by atomic mass is 35.5. The molecule has 0 saturated carbocycles. The van der Waals surface area contributed by atoms with Crippen LogP contribution in [-0.4, -0.2) is 11.4 Å². The van der Waals surface area contributed by atoms with E-state index in [4.69, 9.17) is 11.6 Å². The number of benzene rings is 3. The average molecular weight is 390 g/mol. The Morgan fingerprint density at radius 1 is 0.893 bits per heavy atom. The Hall–Kier alpha value is -2.58. The predicted octanol–water partition coefficient (Wildman–Crippen LogP) is 6.48. The monoisotopic (exact) mass is 389 g/mol.